The van der Waals surface area contributed by atoms with Gasteiger partial charge in [-0.3, -0.25) is 4.79 Å². The number of nitrogens with zero attached hydrogens (tertiary/aromatic N) is 3. The van der Waals surface area contributed by atoms with Crippen molar-refractivity contribution in [3.05, 3.63) is 23.0 Å². The summed E-state index contributed by atoms with van der Waals surface area (Å²) in [6.07, 6.45) is 0. The van der Waals surface area contributed by atoms with Crippen molar-refractivity contribution in [1.29, 1.82) is 0 Å². The van der Waals surface area contributed by atoms with Crippen LogP contribution in [0.5, 0.6) is 0 Å². The number of likely N-dealkylation sites (N-methyl/N-ethyl adjacent to an activating group) is 1. The van der Waals surface area contributed by atoms with Crippen molar-refractivity contribution in [2.75, 3.05) is 7.05 Å². The zero-order valence-electron chi connectivity index (χ0n) is 8.64. The highest BCUT2D eigenvalue weighted by atomic mass is 35.5. The molecule has 1 aromatic heterocycles. The van der Waals surface area contributed by atoms with Crippen LogP contribution in [0, 0.1) is 0 Å². The second-order valence-electron chi connectivity index (χ2n) is 3.33. The summed E-state index contributed by atoms with van der Waals surface area (Å²) < 4.78 is 0. The van der Waals surface area contributed by atoms with Crippen LogP contribution in [-0.4, -0.2) is 34.1 Å². The van der Waals surface area contributed by atoms with Gasteiger partial charge in [-0.2, -0.15) is 5.10 Å². The van der Waals surface area contributed by atoms with Crippen molar-refractivity contribution in [2.45, 2.75) is 19.5 Å². The minimum Gasteiger partial charge on any atom is -0.338 e. The number of carbonyl (C=O) groups is 1. The molecule has 0 fully saturated rings. The van der Waals surface area contributed by atoms with Gasteiger partial charge in [0.1, 0.15) is 0 Å². The van der Waals surface area contributed by atoms with Crippen molar-refractivity contribution in [2.24, 2.45) is 5.73 Å². The summed E-state index contributed by atoms with van der Waals surface area (Å²) in [5.74, 6) is -0.133. The van der Waals surface area contributed by atoms with E-state index in [9.17, 15) is 4.79 Å². The van der Waals surface area contributed by atoms with Crippen molar-refractivity contribution in [3.8, 4) is 0 Å². The maximum absolute atomic E-state index is 11.4. The van der Waals surface area contributed by atoms with Crippen LogP contribution in [-0.2, 0) is 11.3 Å². The minimum absolute atomic E-state index is 0.133. The smallest absolute Gasteiger partial charge is 0.239 e. The lowest BCUT2D eigenvalue weighted by atomic mass is 10.3. The van der Waals surface area contributed by atoms with Crippen LogP contribution in [0.1, 0.15) is 12.6 Å². The van der Waals surface area contributed by atoms with Crippen molar-refractivity contribution in [1.82, 2.24) is 15.1 Å². The van der Waals surface area contributed by atoms with Crippen LogP contribution >= 0.6 is 11.6 Å². The zero-order valence-corrected chi connectivity index (χ0v) is 9.40. The average molecular weight is 229 g/mol. The number of halogens is 1. The van der Waals surface area contributed by atoms with Crippen LogP contribution in [0.2, 0.25) is 5.15 Å². The molecule has 0 aliphatic rings. The molecule has 0 saturated heterocycles. The van der Waals surface area contributed by atoms with Gasteiger partial charge in [0.25, 0.3) is 0 Å². The molecule has 0 saturated carbocycles. The summed E-state index contributed by atoms with van der Waals surface area (Å²) >= 11 is 5.59. The Kier molecular flexibility index (Phi) is 3.99. The lowest BCUT2D eigenvalue weighted by Crippen LogP contribution is -2.39. The van der Waals surface area contributed by atoms with Crippen molar-refractivity contribution >= 4 is 17.5 Å². The number of carbonyl (C=O) groups excluding carboxylic acids is 1. The SMILES string of the molecule is C[C@H](N)C(=O)N(C)Cc1ccc(Cl)nn1. The molecule has 0 aromatic carbocycles. The first kappa shape index (κ1) is 11.9. The molecule has 1 heterocycles. The molecule has 0 aliphatic heterocycles. The van der Waals surface area contributed by atoms with Gasteiger partial charge in [0, 0.05) is 7.05 Å². The Morgan fingerprint density at radius 3 is 2.73 bits per heavy atom. The molecule has 82 valence electrons. The van der Waals surface area contributed by atoms with Crippen LogP contribution in [0.25, 0.3) is 0 Å². The predicted molar refractivity (Wildman–Crippen MR) is 57.2 cm³/mol. The Labute approximate surface area is 93.2 Å². The molecule has 5 nitrogen and oxygen atoms in total. The summed E-state index contributed by atoms with van der Waals surface area (Å²) in [6.45, 7) is 2.02. The maximum Gasteiger partial charge on any atom is 0.239 e. The molecule has 6 heteroatoms. The van der Waals surface area contributed by atoms with E-state index in [0.29, 0.717) is 17.4 Å². The van der Waals surface area contributed by atoms with E-state index in [2.05, 4.69) is 10.2 Å². The second-order valence-corrected chi connectivity index (χ2v) is 3.72. The van der Waals surface area contributed by atoms with Gasteiger partial charge in [0.15, 0.2) is 5.15 Å². The fourth-order valence-corrected chi connectivity index (χ4v) is 1.20. The van der Waals surface area contributed by atoms with Crippen molar-refractivity contribution in [3.63, 3.8) is 0 Å². The summed E-state index contributed by atoms with van der Waals surface area (Å²) in [4.78, 5) is 12.9. The van der Waals surface area contributed by atoms with E-state index in [1.165, 1.54) is 4.90 Å². The van der Waals surface area contributed by atoms with E-state index >= 15 is 0 Å². The lowest BCUT2D eigenvalue weighted by Gasteiger charge is -2.18. The van der Waals surface area contributed by atoms with Gasteiger partial charge < -0.3 is 10.6 Å². The third-order valence-corrected chi connectivity index (χ3v) is 2.05. The van der Waals surface area contributed by atoms with Gasteiger partial charge in [0.05, 0.1) is 18.3 Å². The molecule has 15 heavy (non-hydrogen) atoms. The topological polar surface area (TPSA) is 72.1 Å². The highest BCUT2D eigenvalue weighted by molar-refractivity contribution is 6.29. The Hall–Kier alpha value is -1.20. The van der Waals surface area contributed by atoms with Crippen LogP contribution < -0.4 is 5.73 Å². The highest BCUT2D eigenvalue weighted by Crippen LogP contribution is 2.04. The molecule has 0 radical (unpaired) electrons. The van der Waals surface area contributed by atoms with E-state index in [1.54, 1.807) is 26.1 Å². The van der Waals surface area contributed by atoms with Gasteiger partial charge in [0.2, 0.25) is 5.91 Å². The van der Waals surface area contributed by atoms with Crippen LogP contribution in [0.3, 0.4) is 0 Å². The Bertz CT molecular complexity index is 338. The Morgan fingerprint density at radius 1 is 1.60 bits per heavy atom. The van der Waals surface area contributed by atoms with E-state index in [4.69, 9.17) is 17.3 Å². The Balaban J connectivity index is 2.62. The van der Waals surface area contributed by atoms with Crippen LogP contribution in [0.4, 0.5) is 0 Å². The molecule has 0 bridgehead atoms. The van der Waals surface area contributed by atoms with Gasteiger partial charge in [-0.05, 0) is 19.1 Å². The first-order valence-corrected chi connectivity index (χ1v) is 4.87. The Morgan fingerprint density at radius 2 is 2.27 bits per heavy atom. The summed E-state index contributed by atoms with van der Waals surface area (Å²) in [5.41, 5.74) is 6.14. The molecular formula is C9H13ClN4O. The normalized spacial score (nSPS) is 12.3. The molecule has 1 rings (SSSR count). The monoisotopic (exact) mass is 228 g/mol. The first-order chi connectivity index (χ1) is 7.00. The maximum atomic E-state index is 11.4. The van der Waals surface area contributed by atoms with Gasteiger partial charge in [-0.25, -0.2) is 0 Å². The van der Waals surface area contributed by atoms with E-state index in [-0.39, 0.29) is 5.91 Å². The molecule has 0 unspecified atom stereocenters. The number of aromatic nitrogens is 2. The molecule has 1 amide bonds. The molecule has 1 atom stereocenters. The first-order valence-electron chi connectivity index (χ1n) is 4.49. The predicted octanol–water partition coefficient (Wildman–Crippen LogP) is 0.436. The highest BCUT2D eigenvalue weighted by Gasteiger charge is 2.13. The molecule has 1 aromatic rings. The zero-order chi connectivity index (χ0) is 11.4. The summed E-state index contributed by atoms with van der Waals surface area (Å²) in [5, 5.41) is 7.86. The van der Waals surface area contributed by atoms with Gasteiger partial charge >= 0.3 is 0 Å². The van der Waals surface area contributed by atoms with Crippen LogP contribution in [0.15, 0.2) is 12.1 Å². The average Bonchev–Trinajstić information content (AvgIpc) is 2.20. The number of hydrogen-bond acceptors (Lipinski definition) is 4. The largest absolute Gasteiger partial charge is 0.338 e. The summed E-state index contributed by atoms with van der Waals surface area (Å²) in [7, 11) is 1.67. The lowest BCUT2D eigenvalue weighted by molar-refractivity contribution is -0.131. The van der Waals surface area contributed by atoms with E-state index < -0.39 is 6.04 Å². The number of rotatable bonds is 3. The number of nitrogens with two attached hydrogens (primary N) is 1. The minimum atomic E-state index is -0.504. The second kappa shape index (κ2) is 5.04. The third-order valence-electron chi connectivity index (χ3n) is 1.85. The molecule has 0 spiro atoms. The molecule has 2 N–H and O–H groups in total. The molecule has 0 aliphatic carbocycles. The number of amides is 1. The van der Waals surface area contributed by atoms with E-state index in [0.717, 1.165) is 0 Å². The van der Waals surface area contributed by atoms with Gasteiger partial charge in [-0.15, -0.1) is 5.10 Å². The quantitative estimate of drug-likeness (QED) is 0.815. The van der Waals surface area contributed by atoms with Crippen molar-refractivity contribution < 1.29 is 4.79 Å². The van der Waals surface area contributed by atoms with Gasteiger partial charge in [-0.1, -0.05) is 11.6 Å². The molecular weight excluding hydrogens is 216 g/mol. The standard InChI is InChI=1S/C9H13ClN4O/c1-6(11)9(15)14(2)5-7-3-4-8(10)13-12-7/h3-4,6H,5,11H2,1-2H3/t6-/m0/s1. The van der Waals surface area contributed by atoms with E-state index in [1.807, 2.05) is 0 Å². The number of hydrogen-bond donors (Lipinski definition) is 1. The third kappa shape index (κ3) is 3.45. The fourth-order valence-electron chi connectivity index (χ4n) is 1.10. The summed E-state index contributed by atoms with van der Waals surface area (Å²) in [6, 6.07) is 2.85. The fraction of sp³-hybridized carbons (Fsp3) is 0.444.